The van der Waals surface area contributed by atoms with Crippen molar-refractivity contribution in [3.8, 4) is 5.69 Å². The van der Waals surface area contributed by atoms with Gasteiger partial charge >= 0.3 is 6.18 Å². The molecule has 1 aliphatic rings. The van der Waals surface area contributed by atoms with E-state index < -0.39 is 11.7 Å². The summed E-state index contributed by atoms with van der Waals surface area (Å²) in [6.07, 6.45) is -1.09. The Kier molecular flexibility index (Phi) is 4.20. The van der Waals surface area contributed by atoms with Crippen LogP contribution >= 0.6 is 0 Å². The fourth-order valence-electron chi connectivity index (χ4n) is 2.97. The number of rotatable bonds is 3. The zero-order valence-corrected chi connectivity index (χ0v) is 12.1. The van der Waals surface area contributed by atoms with Gasteiger partial charge in [-0.15, -0.1) is 0 Å². The van der Waals surface area contributed by atoms with Gasteiger partial charge < -0.3 is 5.32 Å². The van der Waals surface area contributed by atoms with Gasteiger partial charge in [-0.25, -0.2) is 4.68 Å². The van der Waals surface area contributed by atoms with Crippen LogP contribution in [0.2, 0.25) is 0 Å². The molecule has 1 unspecified atom stereocenters. The van der Waals surface area contributed by atoms with Crippen LogP contribution in [0.25, 0.3) is 5.69 Å². The molecule has 3 rings (SSSR count). The highest BCUT2D eigenvalue weighted by atomic mass is 19.4. The van der Waals surface area contributed by atoms with E-state index in [0.717, 1.165) is 32.1 Å². The fourth-order valence-corrected chi connectivity index (χ4v) is 2.97. The fraction of sp³-hybridized carbons (Fsp3) is 0.438. The maximum absolute atomic E-state index is 13.3. The summed E-state index contributed by atoms with van der Waals surface area (Å²) < 4.78 is 41.2. The molecule has 1 aromatic carbocycles. The van der Waals surface area contributed by atoms with Crippen LogP contribution in [0.5, 0.6) is 0 Å². The van der Waals surface area contributed by atoms with Crippen molar-refractivity contribution < 1.29 is 13.2 Å². The molecule has 2 aromatic rings. The molecule has 1 aromatic heterocycles. The molecule has 0 bridgehead atoms. The van der Waals surface area contributed by atoms with Crippen LogP contribution in [0.1, 0.15) is 24.1 Å². The van der Waals surface area contributed by atoms with Crippen LogP contribution in [0, 0.1) is 5.92 Å². The lowest BCUT2D eigenvalue weighted by Crippen LogP contribution is -2.31. The van der Waals surface area contributed by atoms with E-state index in [1.54, 1.807) is 24.3 Å². The summed E-state index contributed by atoms with van der Waals surface area (Å²) in [7, 11) is 0. The minimum atomic E-state index is -4.37. The van der Waals surface area contributed by atoms with Crippen LogP contribution < -0.4 is 5.32 Å². The van der Waals surface area contributed by atoms with E-state index in [0.29, 0.717) is 12.1 Å². The van der Waals surface area contributed by atoms with Crippen molar-refractivity contribution >= 4 is 0 Å². The monoisotopic (exact) mass is 309 g/mol. The highest BCUT2D eigenvalue weighted by Crippen LogP contribution is 2.34. The van der Waals surface area contributed by atoms with Gasteiger partial charge in [-0.1, -0.05) is 18.2 Å². The van der Waals surface area contributed by atoms with E-state index in [9.17, 15) is 13.2 Å². The van der Waals surface area contributed by atoms with E-state index in [2.05, 4.69) is 10.4 Å². The molecule has 118 valence electrons. The first kappa shape index (κ1) is 15.1. The molecule has 1 atom stereocenters. The second kappa shape index (κ2) is 6.12. The number of benzene rings is 1. The minimum Gasteiger partial charge on any atom is -0.316 e. The third kappa shape index (κ3) is 3.16. The molecule has 0 saturated carbocycles. The standard InChI is InChI=1S/C16H18F3N3/c17-16(18,19)14-11-21-22(13-6-2-1-3-7-13)15(14)9-12-5-4-8-20-10-12/h1-3,6-7,11-12,20H,4-5,8-10H2. The summed E-state index contributed by atoms with van der Waals surface area (Å²) in [5.74, 6) is 0.217. The Hall–Kier alpha value is -1.82. The molecule has 0 amide bonds. The number of hydrogen-bond donors (Lipinski definition) is 1. The Balaban J connectivity index is 1.98. The zero-order chi connectivity index (χ0) is 15.6. The van der Waals surface area contributed by atoms with Crippen molar-refractivity contribution in [2.75, 3.05) is 13.1 Å². The summed E-state index contributed by atoms with van der Waals surface area (Å²) >= 11 is 0. The van der Waals surface area contributed by atoms with E-state index in [1.807, 2.05) is 6.07 Å². The second-order valence-corrected chi connectivity index (χ2v) is 5.67. The lowest BCUT2D eigenvalue weighted by atomic mass is 9.93. The van der Waals surface area contributed by atoms with Gasteiger partial charge in [0.05, 0.1) is 23.1 Å². The molecule has 0 radical (unpaired) electrons. The summed E-state index contributed by atoms with van der Waals surface area (Å²) in [5.41, 5.74) is 0.297. The van der Waals surface area contributed by atoms with Crippen LogP contribution in [0.4, 0.5) is 13.2 Å². The first-order chi connectivity index (χ1) is 10.6. The van der Waals surface area contributed by atoms with Crippen molar-refractivity contribution in [1.29, 1.82) is 0 Å². The van der Waals surface area contributed by atoms with Gasteiger partial charge in [-0.05, 0) is 50.4 Å². The van der Waals surface area contributed by atoms with Gasteiger partial charge in [0.1, 0.15) is 0 Å². The molecule has 1 fully saturated rings. The summed E-state index contributed by atoms with van der Waals surface area (Å²) in [6, 6.07) is 8.99. The number of nitrogens with zero attached hydrogens (tertiary/aromatic N) is 2. The quantitative estimate of drug-likeness (QED) is 0.941. The van der Waals surface area contributed by atoms with E-state index in [-0.39, 0.29) is 11.6 Å². The SMILES string of the molecule is FC(F)(F)c1cnn(-c2ccccc2)c1CC1CCCNC1. The van der Waals surface area contributed by atoms with Crippen LogP contribution in [0.15, 0.2) is 36.5 Å². The molecule has 0 aliphatic carbocycles. The number of nitrogens with one attached hydrogen (secondary N) is 1. The van der Waals surface area contributed by atoms with Crippen molar-refractivity contribution in [3.05, 3.63) is 47.8 Å². The van der Waals surface area contributed by atoms with Gasteiger partial charge in [0.25, 0.3) is 0 Å². The van der Waals surface area contributed by atoms with Crippen LogP contribution in [0.3, 0.4) is 0 Å². The smallest absolute Gasteiger partial charge is 0.316 e. The summed E-state index contributed by atoms with van der Waals surface area (Å²) in [5, 5.41) is 7.25. The molecule has 2 heterocycles. The lowest BCUT2D eigenvalue weighted by molar-refractivity contribution is -0.138. The average molecular weight is 309 g/mol. The number of alkyl halides is 3. The molecule has 1 N–H and O–H groups in total. The Morgan fingerprint density at radius 3 is 2.64 bits per heavy atom. The number of para-hydroxylation sites is 1. The Morgan fingerprint density at radius 2 is 2.00 bits per heavy atom. The second-order valence-electron chi connectivity index (χ2n) is 5.67. The molecule has 1 aliphatic heterocycles. The topological polar surface area (TPSA) is 29.9 Å². The summed E-state index contributed by atoms with van der Waals surface area (Å²) in [6.45, 7) is 1.71. The lowest BCUT2D eigenvalue weighted by Gasteiger charge is -2.23. The number of piperidine rings is 1. The predicted octanol–water partition coefficient (Wildman–Crippen LogP) is 3.43. The van der Waals surface area contributed by atoms with Crippen LogP contribution in [-0.4, -0.2) is 22.9 Å². The Bertz CT molecular complexity index is 613. The molecule has 3 nitrogen and oxygen atoms in total. The van der Waals surface area contributed by atoms with Crippen molar-refractivity contribution in [3.63, 3.8) is 0 Å². The average Bonchev–Trinajstić information content (AvgIpc) is 2.93. The third-order valence-corrected chi connectivity index (χ3v) is 4.06. The minimum absolute atomic E-state index is 0.217. The van der Waals surface area contributed by atoms with Gasteiger partial charge in [0.2, 0.25) is 0 Å². The third-order valence-electron chi connectivity index (χ3n) is 4.06. The van der Waals surface area contributed by atoms with Gasteiger partial charge in [-0.2, -0.15) is 18.3 Å². The first-order valence-corrected chi connectivity index (χ1v) is 7.46. The zero-order valence-electron chi connectivity index (χ0n) is 12.1. The number of aromatic nitrogens is 2. The molecular formula is C16H18F3N3. The highest BCUT2D eigenvalue weighted by molar-refractivity contribution is 5.36. The number of halogens is 3. The highest BCUT2D eigenvalue weighted by Gasteiger charge is 2.37. The molecule has 6 heteroatoms. The maximum atomic E-state index is 13.3. The van der Waals surface area contributed by atoms with Gasteiger partial charge in [0, 0.05) is 0 Å². The Labute approximate surface area is 127 Å². The van der Waals surface area contributed by atoms with Crippen molar-refractivity contribution in [2.45, 2.75) is 25.4 Å². The first-order valence-electron chi connectivity index (χ1n) is 7.46. The van der Waals surface area contributed by atoms with Crippen molar-refractivity contribution in [1.82, 2.24) is 15.1 Å². The molecular weight excluding hydrogens is 291 g/mol. The van der Waals surface area contributed by atoms with E-state index in [4.69, 9.17) is 0 Å². The summed E-state index contributed by atoms with van der Waals surface area (Å²) in [4.78, 5) is 0. The molecule has 1 saturated heterocycles. The van der Waals surface area contributed by atoms with Crippen LogP contribution in [-0.2, 0) is 12.6 Å². The predicted molar refractivity (Wildman–Crippen MR) is 77.9 cm³/mol. The van der Waals surface area contributed by atoms with Gasteiger partial charge in [0.15, 0.2) is 0 Å². The van der Waals surface area contributed by atoms with E-state index in [1.165, 1.54) is 4.68 Å². The normalized spacial score (nSPS) is 19.3. The van der Waals surface area contributed by atoms with Crippen molar-refractivity contribution in [2.24, 2.45) is 5.92 Å². The molecule has 22 heavy (non-hydrogen) atoms. The van der Waals surface area contributed by atoms with Gasteiger partial charge in [-0.3, -0.25) is 0 Å². The maximum Gasteiger partial charge on any atom is 0.419 e. The number of hydrogen-bond acceptors (Lipinski definition) is 2. The van der Waals surface area contributed by atoms with E-state index >= 15 is 0 Å². The Morgan fingerprint density at radius 1 is 1.23 bits per heavy atom. The molecule has 0 spiro atoms. The largest absolute Gasteiger partial charge is 0.419 e.